The van der Waals surface area contributed by atoms with Crippen molar-refractivity contribution in [3.63, 3.8) is 0 Å². The lowest BCUT2D eigenvalue weighted by molar-refractivity contribution is -0.121. The van der Waals surface area contributed by atoms with Gasteiger partial charge in [0.15, 0.2) is 5.82 Å². The number of nitrogens with zero attached hydrogens (tertiary/aromatic N) is 5. The standard InChI is InChI=1S/C26H27N7O2/c1-4-5-11-21-20(23(34)33-25(27-21)28-24(35)26(33,2)3)15-16-12-13-18(17-9-7-6-8-10-17)19(14-16)22-29-31-32-30-22/h6-10,12-14H,4-5,11,15H2,1-3H3,(H,27,28,35)(H,29,30,31,32). The lowest BCUT2D eigenvalue weighted by atomic mass is 9.94. The van der Waals surface area contributed by atoms with Crippen molar-refractivity contribution in [1.29, 1.82) is 0 Å². The molecule has 9 heteroatoms. The van der Waals surface area contributed by atoms with E-state index in [-0.39, 0.29) is 11.5 Å². The number of H-pyrrole nitrogens is 1. The van der Waals surface area contributed by atoms with E-state index in [1.807, 2.05) is 48.5 Å². The number of benzene rings is 2. The van der Waals surface area contributed by atoms with Gasteiger partial charge in [-0.25, -0.2) is 10.1 Å². The van der Waals surface area contributed by atoms with Gasteiger partial charge >= 0.3 is 0 Å². The number of unbranched alkanes of at least 4 members (excludes halogenated alkanes) is 1. The van der Waals surface area contributed by atoms with Crippen molar-refractivity contribution < 1.29 is 4.79 Å². The third-order valence-corrected chi connectivity index (χ3v) is 6.52. The van der Waals surface area contributed by atoms with Crippen LogP contribution in [0, 0.1) is 0 Å². The van der Waals surface area contributed by atoms with Crippen LogP contribution in [0.5, 0.6) is 0 Å². The number of anilines is 1. The summed E-state index contributed by atoms with van der Waals surface area (Å²) in [7, 11) is 0. The molecule has 0 bridgehead atoms. The Bertz CT molecular complexity index is 1440. The van der Waals surface area contributed by atoms with Gasteiger partial charge < -0.3 is 0 Å². The summed E-state index contributed by atoms with van der Waals surface area (Å²) < 4.78 is 1.49. The maximum atomic E-state index is 13.7. The van der Waals surface area contributed by atoms with Crippen LogP contribution in [-0.4, -0.2) is 36.1 Å². The fourth-order valence-electron chi connectivity index (χ4n) is 4.53. The number of fused-ring (bicyclic) bond motifs is 1. The van der Waals surface area contributed by atoms with Crippen LogP contribution < -0.4 is 10.9 Å². The summed E-state index contributed by atoms with van der Waals surface area (Å²) in [5.41, 5.74) is 3.98. The molecule has 0 saturated heterocycles. The molecular weight excluding hydrogens is 442 g/mol. The lowest BCUT2D eigenvalue weighted by Gasteiger charge is -2.20. The smallest absolute Gasteiger partial charge is 0.259 e. The molecule has 0 atom stereocenters. The van der Waals surface area contributed by atoms with Crippen molar-refractivity contribution in [1.82, 2.24) is 30.2 Å². The Morgan fingerprint density at radius 3 is 2.54 bits per heavy atom. The van der Waals surface area contributed by atoms with Gasteiger partial charge in [-0.05, 0) is 59.9 Å². The number of hydrogen-bond acceptors (Lipinski definition) is 6. The van der Waals surface area contributed by atoms with Crippen molar-refractivity contribution in [2.24, 2.45) is 0 Å². The number of aromatic amines is 1. The average molecular weight is 470 g/mol. The summed E-state index contributed by atoms with van der Waals surface area (Å²) in [5.74, 6) is 0.650. The minimum absolute atomic E-state index is 0.181. The number of hydrogen-bond donors (Lipinski definition) is 2. The van der Waals surface area contributed by atoms with Gasteiger partial charge in [-0.2, -0.15) is 0 Å². The van der Waals surface area contributed by atoms with Crippen molar-refractivity contribution in [3.8, 4) is 22.5 Å². The second-order valence-electron chi connectivity index (χ2n) is 9.29. The van der Waals surface area contributed by atoms with E-state index >= 15 is 0 Å². The van der Waals surface area contributed by atoms with E-state index in [1.54, 1.807) is 13.8 Å². The highest BCUT2D eigenvalue weighted by Gasteiger charge is 2.41. The summed E-state index contributed by atoms with van der Waals surface area (Å²) in [5, 5.41) is 17.3. The SMILES string of the molecule is CCCCc1nc2n(c(=O)c1Cc1ccc(-c3ccccc3)c(-c3nnn[nH]3)c1)C(C)(C)C(=O)N2. The Hall–Kier alpha value is -4.14. The predicted octanol–water partition coefficient (Wildman–Crippen LogP) is 3.71. The Kier molecular flexibility index (Phi) is 5.76. The number of aryl methyl sites for hydroxylation is 1. The predicted molar refractivity (Wildman–Crippen MR) is 133 cm³/mol. The van der Waals surface area contributed by atoms with Gasteiger partial charge in [-0.3, -0.25) is 19.5 Å². The maximum absolute atomic E-state index is 13.7. The second-order valence-corrected chi connectivity index (χ2v) is 9.29. The molecule has 2 N–H and O–H groups in total. The van der Waals surface area contributed by atoms with Gasteiger partial charge in [0.05, 0.1) is 5.69 Å². The number of nitrogens with one attached hydrogen (secondary N) is 2. The third kappa shape index (κ3) is 4.03. The first-order valence-electron chi connectivity index (χ1n) is 11.8. The Morgan fingerprint density at radius 2 is 1.83 bits per heavy atom. The fraction of sp³-hybridized carbons (Fsp3) is 0.308. The number of carbonyl (C=O) groups excluding carboxylic acids is 1. The van der Waals surface area contributed by atoms with Crippen molar-refractivity contribution in [3.05, 3.63) is 75.7 Å². The average Bonchev–Trinajstić information content (AvgIpc) is 3.47. The maximum Gasteiger partial charge on any atom is 0.259 e. The van der Waals surface area contributed by atoms with Crippen molar-refractivity contribution >= 4 is 11.9 Å². The molecule has 4 aromatic rings. The molecule has 0 aliphatic carbocycles. The molecule has 1 aliphatic rings. The first kappa shape index (κ1) is 22.6. The first-order valence-corrected chi connectivity index (χ1v) is 11.8. The van der Waals surface area contributed by atoms with Crippen LogP contribution in [0.25, 0.3) is 22.5 Å². The van der Waals surface area contributed by atoms with E-state index < -0.39 is 5.54 Å². The van der Waals surface area contributed by atoms with Crippen LogP contribution in [0.1, 0.15) is 50.4 Å². The van der Waals surface area contributed by atoms with E-state index in [9.17, 15) is 9.59 Å². The van der Waals surface area contributed by atoms with Crippen LogP contribution >= 0.6 is 0 Å². The Morgan fingerprint density at radius 1 is 1.03 bits per heavy atom. The highest BCUT2D eigenvalue weighted by molar-refractivity contribution is 5.98. The molecule has 0 saturated carbocycles. The Balaban J connectivity index is 1.62. The van der Waals surface area contributed by atoms with Crippen molar-refractivity contribution in [2.45, 2.75) is 52.0 Å². The Labute approximate surface area is 202 Å². The molecule has 2 aromatic heterocycles. The monoisotopic (exact) mass is 469 g/mol. The molecule has 0 fully saturated rings. The van der Waals surface area contributed by atoms with Crippen molar-refractivity contribution in [2.75, 3.05) is 5.32 Å². The number of aromatic nitrogens is 6. The highest BCUT2D eigenvalue weighted by Crippen LogP contribution is 2.32. The molecule has 1 amide bonds. The normalized spacial score (nSPS) is 14.1. The van der Waals surface area contributed by atoms with E-state index in [2.05, 4.69) is 32.9 Å². The molecule has 9 nitrogen and oxygen atoms in total. The summed E-state index contributed by atoms with van der Waals surface area (Å²) in [4.78, 5) is 30.9. The van der Waals surface area contributed by atoms with E-state index in [0.29, 0.717) is 30.2 Å². The summed E-state index contributed by atoms with van der Waals surface area (Å²) >= 11 is 0. The molecule has 2 aromatic carbocycles. The molecule has 178 valence electrons. The zero-order valence-corrected chi connectivity index (χ0v) is 20.0. The molecular formula is C26H27N7O2. The van der Waals surface area contributed by atoms with Crippen LogP contribution in [0.2, 0.25) is 0 Å². The van der Waals surface area contributed by atoms with Gasteiger partial charge in [0.25, 0.3) is 11.5 Å². The minimum Gasteiger partial charge on any atom is -0.294 e. The number of rotatable bonds is 7. The molecule has 35 heavy (non-hydrogen) atoms. The summed E-state index contributed by atoms with van der Waals surface area (Å²) in [6.07, 6.45) is 2.94. The molecule has 1 aliphatic heterocycles. The number of carbonyl (C=O) groups is 1. The zero-order valence-electron chi connectivity index (χ0n) is 20.0. The number of amides is 1. The topological polar surface area (TPSA) is 118 Å². The number of tetrazole rings is 1. The van der Waals surface area contributed by atoms with Gasteiger partial charge in [0, 0.05) is 17.5 Å². The van der Waals surface area contributed by atoms with Gasteiger partial charge in [0.2, 0.25) is 5.95 Å². The first-order chi connectivity index (χ1) is 16.9. The largest absolute Gasteiger partial charge is 0.294 e. The quantitative estimate of drug-likeness (QED) is 0.426. The van der Waals surface area contributed by atoms with Crippen LogP contribution in [0.4, 0.5) is 5.95 Å². The summed E-state index contributed by atoms with van der Waals surface area (Å²) in [6, 6.07) is 16.1. The van der Waals surface area contributed by atoms with Crippen LogP contribution in [0.3, 0.4) is 0 Å². The van der Waals surface area contributed by atoms with Gasteiger partial charge in [-0.15, -0.1) is 5.10 Å². The molecule has 3 heterocycles. The van der Waals surface area contributed by atoms with Gasteiger partial charge in [0.1, 0.15) is 5.54 Å². The summed E-state index contributed by atoms with van der Waals surface area (Å²) in [6.45, 7) is 5.58. The minimum atomic E-state index is -0.995. The third-order valence-electron chi connectivity index (χ3n) is 6.52. The van der Waals surface area contributed by atoms with E-state index in [1.165, 1.54) is 4.57 Å². The molecule has 0 unspecified atom stereocenters. The fourth-order valence-corrected chi connectivity index (χ4v) is 4.53. The van der Waals surface area contributed by atoms with Crippen LogP contribution in [0.15, 0.2) is 53.3 Å². The van der Waals surface area contributed by atoms with Gasteiger partial charge in [-0.1, -0.05) is 55.8 Å². The van der Waals surface area contributed by atoms with E-state index in [0.717, 1.165) is 40.8 Å². The molecule has 5 rings (SSSR count). The molecule has 0 radical (unpaired) electrons. The zero-order chi connectivity index (χ0) is 24.6. The molecule has 0 spiro atoms. The lowest BCUT2D eigenvalue weighted by Crippen LogP contribution is -2.40. The van der Waals surface area contributed by atoms with E-state index in [4.69, 9.17) is 4.98 Å². The highest BCUT2D eigenvalue weighted by atomic mass is 16.2. The second kappa shape index (κ2) is 8.90. The van der Waals surface area contributed by atoms with Crippen LogP contribution in [-0.2, 0) is 23.2 Å².